The maximum Gasteiger partial charge on any atom is 0.241 e. The summed E-state index contributed by atoms with van der Waals surface area (Å²) in [5.74, 6) is -5.81. The molecule has 0 aromatic heterocycles. The Balaban J connectivity index is 1.34. The number of aromatic hydroxyl groups is 2. The lowest BCUT2D eigenvalue weighted by atomic mass is 9.51. The van der Waals surface area contributed by atoms with Crippen LogP contribution in [0.25, 0.3) is 0 Å². The Kier molecular flexibility index (Phi) is 7.93. The molecule has 6 atom stereocenters. The zero-order valence-electron chi connectivity index (χ0n) is 27.0. The summed E-state index contributed by atoms with van der Waals surface area (Å²) < 4.78 is 25.7. The third-order valence-electron chi connectivity index (χ3n) is 10.9. The Morgan fingerprint density at radius 3 is 2.20 bits per heavy atom. The number of likely N-dealkylation sites (tertiary alicyclic amines) is 1. The van der Waals surface area contributed by atoms with Crippen LogP contribution in [-0.4, -0.2) is 59.5 Å². The number of phenols is 2. The first-order chi connectivity index (χ1) is 23.4. The Bertz CT molecular complexity index is 1920. The summed E-state index contributed by atoms with van der Waals surface area (Å²) in [4.78, 5) is 59.5. The van der Waals surface area contributed by atoms with E-state index in [1.54, 1.807) is 31.2 Å². The highest BCUT2D eigenvalue weighted by atomic mass is 35.5. The first-order valence-corrected chi connectivity index (χ1v) is 16.4. The van der Waals surface area contributed by atoms with E-state index in [0.29, 0.717) is 17.6 Å². The van der Waals surface area contributed by atoms with Crippen molar-refractivity contribution in [3.8, 4) is 23.0 Å². The first kappa shape index (κ1) is 32.6. The van der Waals surface area contributed by atoms with Gasteiger partial charge in [-0.25, -0.2) is 9.29 Å². The van der Waals surface area contributed by atoms with Gasteiger partial charge in [-0.05, 0) is 68.0 Å². The molecule has 2 saturated heterocycles. The fourth-order valence-electron chi connectivity index (χ4n) is 8.59. The van der Waals surface area contributed by atoms with Crippen LogP contribution in [0.4, 0.5) is 10.1 Å². The van der Waals surface area contributed by atoms with Crippen molar-refractivity contribution in [1.82, 2.24) is 4.90 Å². The minimum Gasteiger partial charge on any atom is -0.508 e. The van der Waals surface area contributed by atoms with Crippen molar-refractivity contribution in [2.24, 2.45) is 29.1 Å². The number of imide groups is 2. The number of benzene rings is 3. The van der Waals surface area contributed by atoms with Gasteiger partial charge in [-0.15, -0.1) is 0 Å². The van der Waals surface area contributed by atoms with Crippen LogP contribution in [0.5, 0.6) is 23.0 Å². The molecule has 4 amide bonds. The van der Waals surface area contributed by atoms with E-state index in [9.17, 15) is 33.8 Å². The van der Waals surface area contributed by atoms with Gasteiger partial charge in [0.05, 0.1) is 48.1 Å². The quantitative estimate of drug-likeness (QED) is 0.250. The number of carbonyl (C=O) groups excluding carboxylic acids is 4. The van der Waals surface area contributed by atoms with E-state index >= 15 is 0 Å². The third kappa shape index (κ3) is 4.88. The van der Waals surface area contributed by atoms with Gasteiger partial charge in [0.15, 0.2) is 0 Å². The van der Waals surface area contributed by atoms with Gasteiger partial charge in [0, 0.05) is 30.2 Å². The van der Waals surface area contributed by atoms with Crippen LogP contribution in [0.2, 0.25) is 5.02 Å². The zero-order valence-corrected chi connectivity index (χ0v) is 27.7. The average molecular weight is 689 g/mol. The first-order valence-electron chi connectivity index (χ1n) is 16.0. The lowest BCUT2D eigenvalue weighted by Gasteiger charge is -2.49. The van der Waals surface area contributed by atoms with E-state index in [1.807, 2.05) is 6.08 Å². The van der Waals surface area contributed by atoms with Gasteiger partial charge in [-0.3, -0.25) is 24.1 Å². The number of fused-ring (bicyclic) bond motifs is 4. The maximum absolute atomic E-state index is 14.7. The number of methoxy groups -OCH3 is 2. The van der Waals surface area contributed by atoms with Gasteiger partial charge in [0.1, 0.15) is 28.8 Å². The van der Waals surface area contributed by atoms with Crippen LogP contribution < -0.4 is 14.4 Å². The van der Waals surface area contributed by atoms with Crippen molar-refractivity contribution >= 4 is 40.9 Å². The van der Waals surface area contributed by atoms with Crippen molar-refractivity contribution in [2.45, 2.75) is 32.1 Å². The molecule has 6 unspecified atom stereocenters. The molecule has 2 heterocycles. The molecule has 3 aromatic rings. The molecule has 1 saturated carbocycles. The Hall–Kier alpha value is -4.90. The number of hydrogen-bond acceptors (Lipinski definition) is 8. The Labute approximate surface area is 286 Å². The second-order valence-electron chi connectivity index (χ2n) is 13.3. The summed E-state index contributed by atoms with van der Waals surface area (Å²) in [6.07, 6.45) is 2.67. The van der Waals surface area contributed by atoms with Gasteiger partial charge in [-0.2, -0.15) is 0 Å². The molecule has 3 aromatic carbocycles. The SMILES string of the molecule is COc1cc(O)cc(OC)c1C1C2=CCC3C(=O)N(CCc4ccc(O)cc4)C(=O)C3C2CC2C(=O)N(c3ccc(F)c(Cl)c3)C(=O)C21C. The van der Waals surface area contributed by atoms with Crippen molar-refractivity contribution in [1.29, 1.82) is 0 Å². The number of anilines is 1. The predicted molar refractivity (Wildman–Crippen MR) is 176 cm³/mol. The molecule has 12 heteroatoms. The summed E-state index contributed by atoms with van der Waals surface area (Å²) in [6.45, 7) is 1.85. The van der Waals surface area contributed by atoms with Crippen molar-refractivity contribution < 1.29 is 43.3 Å². The zero-order chi connectivity index (χ0) is 34.9. The van der Waals surface area contributed by atoms with E-state index in [0.717, 1.165) is 16.5 Å². The molecular weight excluding hydrogens is 655 g/mol. The molecule has 10 nitrogen and oxygen atoms in total. The predicted octanol–water partition coefficient (Wildman–Crippen LogP) is 5.38. The van der Waals surface area contributed by atoms with E-state index in [2.05, 4.69) is 0 Å². The van der Waals surface area contributed by atoms with Crippen molar-refractivity contribution in [2.75, 3.05) is 25.7 Å². The van der Waals surface area contributed by atoms with Crippen molar-refractivity contribution in [3.05, 3.63) is 88.2 Å². The number of phenolic OH excluding ortho intramolecular Hbond substituents is 2. The lowest BCUT2D eigenvalue weighted by molar-refractivity contribution is -0.140. The van der Waals surface area contributed by atoms with Crippen LogP contribution in [0, 0.1) is 34.9 Å². The highest BCUT2D eigenvalue weighted by molar-refractivity contribution is 6.31. The van der Waals surface area contributed by atoms with Gasteiger partial charge in [0.2, 0.25) is 23.6 Å². The minimum atomic E-state index is -1.44. The number of halogens is 2. The molecule has 2 N–H and O–H groups in total. The maximum atomic E-state index is 14.7. The Morgan fingerprint density at radius 1 is 0.898 bits per heavy atom. The summed E-state index contributed by atoms with van der Waals surface area (Å²) in [6, 6.07) is 13.0. The fraction of sp³-hybridized carbons (Fsp3) is 0.351. The van der Waals surface area contributed by atoms with Gasteiger partial charge in [0.25, 0.3) is 0 Å². The highest BCUT2D eigenvalue weighted by Gasteiger charge is 2.68. The third-order valence-corrected chi connectivity index (χ3v) is 11.2. The normalized spacial score (nSPS) is 27.5. The van der Waals surface area contributed by atoms with Gasteiger partial charge < -0.3 is 19.7 Å². The number of hydrogen-bond donors (Lipinski definition) is 2. The van der Waals surface area contributed by atoms with Crippen molar-refractivity contribution in [3.63, 3.8) is 0 Å². The molecule has 3 fully saturated rings. The lowest BCUT2D eigenvalue weighted by Crippen LogP contribution is -2.49. The van der Waals surface area contributed by atoms with Crippen LogP contribution >= 0.6 is 11.6 Å². The van der Waals surface area contributed by atoms with E-state index in [-0.39, 0.29) is 64.9 Å². The van der Waals surface area contributed by atoms with Crippen LogP contribution in [0.15, 0.2) is 66.2 Å². The number of rotatable bonds is 7. The molecule has 7 rings (SSSR count). The number of ether oxygens (including phenoxy) is 2. The standard InChI is InChI=1S/C37H34ClFN2O8/c1-37-25(34(45)41(36(37)47)19-6-11-27(39)26(38)14-19)17-24-22(32(37)31-28(48-2)15-21(43)16-29(31)49-3)9-10-23-30(24)35(46)40(33(23)44)13-12-18-4-7-20(42)8-5-18/h4-9,11,14-16,23-25,30,32,42-43H,10,12-13,17H2,1-3H3. The summed E-state index contributed by atoms with van der Waals surface area (Å²) in [5.41, 5.74) is 0.662. The molecule has 0 radical (unpaired) electrons. The molecule has 49 heavy (non-hydrogen) atoms. The molecule has 254 valence electrons. The smallest absolute Gasteiger partial charge is 0.241 e. The average Bonchev–Trinajstić information content (AvgIpc) is 3.44. The van der Waals surface area contributed by atoms with Crippen LogP contribution in [0.3, 0.4) is 0 Å². The van der Waals surface area contributed by atoms with Gasteiger partial charge in [-0.1, -0.05) is 35.4 Å². The minimum absolute atomic E-state index is 0.114. The second-order valence-corrected chi connectivity index (χ2v) is 13.7. The highest BCUT2D eigenvalue weighted by Crippen LogP contribution is 2.65. The number of amides is 4. The van der Waals surface area contributed by atoms with E-state index in [4.69, 9.17) is 21.1 Å². The molecular formula is C37H34ClFN2O8. The second kappa shape index (κ2) is 11.9. The molecule has 2 aliphatic heterocycles. The fourth-order valence-corrected chi connectivity index (χ4v) is 8.77. The van der Waals surface area contributed by atoms with Gasteiger partial charge >= 0.3 is 0 Å². The van der Waals surface area contributed by atoms with E-state index < -0.39 is 52.6 Å². The largest absolute Gasteiger partial charge is 0.508 e. The monoisotopic (exact) mass is 688 g/mol. The number of allylic oxidation sites excluding steroid dienone is 2. The summed E-state index contributed by atoms with van der Waals surface area (Å²) in [7, 11) is 2.84. The molecule has 0 bridgehead atoms. The number of carbonyl (C=O) groups is 4. The van der Waals surface area contributed by atoms with Crippen LogP contribution in [0.1, 0.15) is 36.8 Å². The molecule has 2 aliphatic carbocycles. The Morgan fingerprint density at radius 2 is 1.57 bits per heavy atom. The van der Waals surface area contributed by atoms with E-state index in [1.165, 1.54) is 43.4 Å². The van der Waals surface area contributed by atoms with Crippen LogP contribution in [-0.2, 0) is 25.6 Å². The topological polar surface area (TPSA) is 134 Å². The summed E-state index contributed by atoms with van der Waals surface area (Å²) >= 11 is 6.09. The number of nitrogens with zero attached hydrogens (tertiary/aromatic N) is 2. The molecule has 0 spiro atoms. The summed E-state index contributed by atoms with van der Waals surface area (Å²) in [5, 5.41) is 19.9. The molecule has 4 aliphatic rings.